The van der Waals surface area contributed by atoms with Gasteiger partial charge >= 0.3 is 0 Å². The fourth-order valence-electron chi connectivity index (χ4n) is 1.81. The molecule has 2 aromatic rings. The van der Waals surface area contributed by atoms with Gasteiger partial charge in [-0.05, 0) is 42.9 Å². The molecular weight excluding hydrogens is 212 g/mol. The quantitative estimate of drug-likeness (QED) is 0.854. The average Bonchev–Trinajstić information content (AvgIpc) is 2.84. The molecular formula is C14H18N2O. The Morgan fingerprint density at radius 2 is 1.94 bits per heavy atom. The van der Waals surface area contributed by atoms with E-state index in [0.29, 0.717) is 0 Å². The SMILES string of the molecule is CCNCc1cccn1-c1ccc(OC)cc1. The van der Waals surface area contributed by atoms with Crippen LogP contribution in [-0.4, -0.2) is 18.2 Å². The molecule has 0 spiro atoms. The lowest BCUT2D eigenvalue weighted by atomic mass is 10.3. The molecule has 0 radical (unpaired) electrons. The Hall–Kier alpha value is -1.74. The van der Waals surface area contributed by atoms with E-state index < -0.39 is 0 Å². The molecule has 3 nitrogen and oxygen atoms in total. The number of ether oxygens (including phenoxy) is 1. The fraction of sp³-hybridized carbons (Fsp3) is 0.286. The molecule has 90 valence electrons. The molecule has 17 heavy (non-hydrogen) atoms. The lowest BCUT2D eigenvalue weighted by Gasteiger charge is -2.10. The Labute approximate surface area is 102 Å². The van der Waals surface area contributed by atoms with Gasteiger partial charge in [-0.3, -0.25) is 0 Å². The number of benzene rings is 1. The summed E-state index contributed by atoms with van der Waals surface area (Å²) >= 11 is 0. The number of nitrogens with one attached hydrogen (secondary N) is 1. The number of nitrogens with zero attached hydrogens (tertiary/aromatic N) is 1. The number of aromatic nitrogens is 1. The zero-order valence-corrected chi connectivity index (χ0v) is 10.3. The predicted octanol–water partition coefficient (Wildman–Crippen LogP) is 2.60. The highest BCUT2D eigenvalue weighted by Gasteiger charge is 2.02. The Kier molecular flexibility index (Phi) is 3.83. The van der Waals surface area contributed by atoms with Crippen LogP contribution in [0.2, 0.25) is 0 Å². The van der Waals surface area contributed by atoms with Gasteiger partial charge in [0, 0.05) is 24.1 Å². The first-order valence-electron chi connectivity index (χ1n) is 5.86. The van der Waals surface area contributed by atoms with E-state index in [1.165, 1.54) is 5.69 Å². The molecule has 1 N–H and O–H groups in total. The molecule has 0 aliphatic rings. The summed E-state index contributed by atoms with van der Waals surface area (Å²) in [5.74, 6) is 0.883. The number of hydrogen-bond acceptors (Lipinski definition) is 2. The van der Waals surface area contributed by atoms with E-state index >= 15 is 0 Å². The van der Waals surface area contributed by atoms with Crippen LogP contribution in [0.3, 0.4) is 0 Å². The summed E-state index contributed by atoms with van der Waals surface area (Å²) < 4.78 is 7.34. The van der Waals surface area contributed by atoms with E-state index in [2.05, 4.69) is 47.3 Å². The second-order valence-corrected chi connectivity index (χ2v) is 3.85. The minimum Gasteiger partial charge on any atom is -0.497 e. The van der Waals surface area contributed by atoms with Gasteiger partial charge in [-0.25, -0.2) is 0 Å². The molecule has 0 aliphatic heterocycles. The Balaban J connectivity index is 2.23. The van der Waals surface area contributed by atoms with E-state index in [-0.39, 0.29) is 0 Å². The van der Waals surface area contributed by atoms with Crippen LogP contribution >= 0.6 is 0 Å². The van der Waals surface area contributed by atoms with E-state index in [1.54, 1.807) is 7.11 Å². The van der Waals surface area contributed by atoms with Gasteiger partial charge in [-0.15, -0.1) is 0 Å². The second kappa shape index (κ2) is 5.55. The monoisotopic (exact) mass is 230 g/mol. The van der Waals surface area contributed by atoms with Crippen LogP contribution in [0.4, 0.5) is 0 Å². The van der Waals surface area contributed by atoms with Crippen LogP contribution in [0.25, 0.3) is 5.69 Å². The Bertz CT molecular complexity index is 459. The van der Waals surface area contributed by atoms with Gasteiger partial charge in [0.25, 0.3) is 0 Å². The molecule has 0 fully saturated rings. The van der Waals surface area contributed by atoms with Crippen LogP contribution in [0.1, 0.15) is 12.6 Å². The largest absolute Gasteiger partial charge is 0.497 e. The van der Waals surface area contributed by atoms with Gasteiger partial charge in [-0.2, -0.15) is 0 Å². The van der Waals surface area contributed by atoms with Crippen LogP contribution in [0.15, 0.2) is 42.6 Å². The Morgan fingerprint density at radius 3 is 2.59 bits per heavy atom. The summed E-state index contributed by atoms with van der Waals surface area (Å²) in [5.41, 5.74) is 2.42. The van der Waals surface area contributed by atoms with E-state index in [4.69, 9.17) is 4.74 Å². The van der Waals surface area contributed by atoms with Gasteiger partial charge in [0.1, 0.15) is 5.75 Å². The minimum absolute atomic E-state index is 0.883. The van der Waals surface area contributed by atoms with Crippen molar-refractivity contribution in [1.82, 2.24) is 9.88 Å². The van der Waals surface area contributed by atoms with Gasteiger partial charge in [0.05, 0.1) is 7.11 Å². The third-order valence-electron chi connectivity index (χ3n) is 2.74. The summed E-state index contributed by atoms with van der Waals surface area (Å²) in [5, 5.41) is 3.34. The summed E-state index contributed by atoms with van der Waals surface area (Å²) in [4.78, 5) is 0. The van der Waals surface area contributed by atoms with Crippen molar-refractivity contribution in [2.75, 3.05) is 13.7 Å². The zero-order chi connectivity index (χ0) is 12.1. The predicted molar refractivity (Wildman–Crippen MR) is 69.7 cm³/mol. The number of methoxy groups -OCH3 is 1. The molecule has 0 amide bonds. The van der Waals surface area contributed by atoms with E-state index in [1.807, 2.05) is 12.1 Å². The number of rotatable bonds is 5. The smallest absolute Gasteiger partial charge is 0.119 e. The average molecular weight is 230 g/mol. The van der Waals surface area contributed by atoms with Crippen molar-refractivity contribution in [2.45, 2.75) is 13.5 Å². The van der Waals surface area contributed by atoms with Gasteiger partial charge < -0.3 is 14.6 Å². The third-order valence-corrected chi connectivity index (χ3v) is 2.74. The molecule has 1 aromatic heterocycles. The van der Waals surface area contributed by atoms with Gasteiger partial charge in [0.2, 0.25) is 0 Å². The maximum absolute atomic E-state index is 5.16. The summed E-state index contributed by atoms with van der Waals surface area (Å²) in [7, 11) is 1.68. The normalized spacial score (nSPS) is 10.5. The zero-order valence-electron chi connectivity index (χ0n) is 10.3. The van der Waals surface area contributed by atoms with E-state index in [9.17, 15) is 0 Å². The molecule has 0 bridgehead atoms. The molecule has 0 atom stereocenters. The summed E-state index contributed by atoms with van der Waals surface area (Å²) in [6, 6.07) is 12.3. The standard InChI is InChI=1S/C14H18N2O/c1-3-15-11-13-5-4-10-16(13)12-6-8-14(17-2)9-7-12/h4-10,15H,3,11H2,1-2H3. The highest BCUT2D eigenvalue weighted by Crippen LogP contribution is 2.17. The molecule has 3 heteroatoms. The van der Waals surface area contributed by atoms with Crippen molar-refractivity contribution >= 4 is 0 Å². The second-order valence-electron chi connectivity index (χ2n) is 3.85. The minimum atomic E-state index is 0.883. The first kappa shape index (κ1) is 11.7. The molecule has 0 aliphatic carbocycles. The molecule has 1 heterocycles. The van der Waals surface area contributed by atoms with Crippen molar-refractivity contribution in [2.24, 2.45) is 0 Å². The maximum atomic E-state index is 5.16. The summed E-state index contributed by atoms with van der Waals surface area (Å²) in [6.45, 7) is 3.98. The maximum Gasteiger partial charge on any atom is 0.119 e. The van der Waals surface area contributed by atoms with Crippen molar-refractivity contribution in [3.05, 3.63) is 48.3 Å². The molecule has 0 saturated heterocycles. The lowest BCUT2D eigenvalue weighted by Crippen LogP contribution is -2.14. The van der Waals surface area contributed by atoms with Crippen molar-refractivity contribution in [3.63, 3.8) is 0 Å². The Morgan fingerprint density at radius 1 is 1.18 bits per heavy atom. The molecule has 0 unspecified atom stereocenters. The molecule has 1 aromatic carbocycles. The topological polar surface area (TPSA) is 26.2 Å². The molecule has 2 rings (SSSR count). The first-order valence-corrected chi connectivity index (χ1v) is 5.86. The van der Waals surface area contributed by atoms with Crippen LogP contribution < -0.4 is 10.1 Å². The molecule has 0 saturated carbocycles. The summed E-state index contributed by atoms with van der Waals surface area (Å²) in [6.07, 6.45) is 2.08. The third kappa shape index (κ3) is 2.68. The van der Waals surface area contributed by atoms with Crippen molar-refractivity contribution in [1.29, 1.82) is 0 Å². The highest BCUT2D eigenvalue weighted by molar-refractivity contribution is 5.39. The van der Waals surface area contributed by atoms with Gasteiger partial charge in [0.15, 0.2) is 0 Å². The van der Waals surface area contributed by atoms with Crippen LogP contribution in [0.5, 0.6) is 5.75 Å². The highest BCUT2D eigenvalue weighted by atomic mass is 16.5. The van der Waals surface area contributed by atoms with Crippen molar-refractivity contribution < 1.29 is 4.74 Å². The van der Waals surface area contributed by atoms with E-state index in [0.717, 1.165) is 24.5 Å². The fourth-order valence-corrected chi connectivity index (χ4v) is 1.81. The van der Waals surface area contributed by atoms with Crippen molar-refractivity contribution in [3.8, 4) is 11.4 Å². The van der Waals surface area contributed by atoms with Crippen LogP contribution in [0, 0.1) is 0 Å². The lowest BCUT2D eigenvalue weighted by molar-refractivity contribution is 0.414. The number of hydrogen-bond donors (Lipinski definition) is 1. The van der Waals surface area contributed by atoms with Crippen LogP contribution in [-0.2, 0) is 6.54 Å². The van der Waals surface area contributed by atoms with Gasteiger partial charge in [-0.1, -0.05) is 6.92 Å². The first-order chi connectivity index (χ1) is 8.35.